The number of amides is 1. The Balaban J connectivity index is 1.77. The van der Waals surface area contributed by atoms with Crippen molar-refractivity contribution >= 4 is 31.5 Å². The first-order valence-electron chi connectivity index (χ1n) is 16.6. The molecule has 5 rings (SSSR count). The molecule has 11 heteroatoms. The van der Waals surface area contributed by atoms with E-state index in [0.717, 1.165) is 28.1 Å². The van der Waals surface area contributed by atoms with E-state index >= 15 is 0 Å². The van der Waals surface area contributed by atoms with Gasteiger partial charge in [-0.15, -0.1) is 0 Å². The summed E-state index contributed by atoms with van der Waals surface area (Å²) in [6.45, 7) is 20.3. The fraction of sp³-hybridized carbons (Fsp3) is 0.459. The van der Waals surface area contributed by atoms with E-state index in [1.54, 1.807) is 13.3 Å². The molecule has 0 saturated heterocycles. The first-order chi connectivity index (χ1) is 22.8. The molecular weight excluding hydrogens is 642 g/mol. The van der Waals surface area contributed by atoms with Crippen LogP contribution in [-0.4, -0.2) is 54.6 Å². The zero-order valence-electron chi connectivity index (χ0n) is 30.0. The summed E-state index contributed by atoms with van der Waals surface area (Å²) >= 11 is 6.54. The first kappa shape index (κ1) is 35.6. The minimum atomic E-state index is -2.23. The van der Waals surface area contributed by atoms with Crippen LogP contribution in [0, 0.1) is 13.8 Å². The van der Waals surface area contributed by atoms with E-state index in [1.807, 2.05) is 30.0 Å². The molecule has 0 bridgehead atoms. The van der Waals surface area contributed by atoms with Gasteiger partial charge in [0.2, 0.25) is 5.88 Å². The minimum Gasteiger partial charge on any atom is -0.480 e. The fourth-order valence-electron chi connectivity index (χ4n) is 7.60. The quantitative estimate of drug-likeness (QED) is 0.137. The number of aromatic nitrogens is 4. The number of methoxy groups -OCH3 is 2. The molecule has 0 spiro atoms. The molecule has 2 atom stereocenters. The number of hydrogen-bond donors (Lipinski definition) is 0. The van der Waals surface area contributed by atoms with Crippen molar-refractivity contribution in [3.05, 3.63) is 81.8 Å². The summed E-state index contributed by atoms with van der Waals surface area (Å²) in [5.74, 6) is 0.629. The number of rotatable bonds is 12. The summed E-state index contributed by atoms with van der Waals surface area (Å²) < 4.78 is 20.3. The lowest BCUT2D eigenvalue weighted by molar-refractivity contribution is 0.0989. The summed E-state index contributed by atoms with van der Waals surface area (Å²) in [5, 5.41) is 0.554. The van der Waals surface area contributed by atoms with Gasteiger partial charge in [-0.25, -0.2) is 9.97 Å². The molecule has 0 N–H and O–H groups in total. The van der Waals surface area contributed by atoms with Crippen molar-refractivity contribution in [3.8, 4) is 23.3 Å². The number of fused-ring (bicyclic) bond motifs is 1. The number of imidazole rings is 1. The van der Waals surface area contributed by atoms with Crippen molar-refractivity contribution in [3.63, 3.8) is 0 Å². The van der Waals surface area contributed by atoms with Gasteiger partial charge in [0.25, 0.3) is 5.91 Å². The van der Waals surface area contributed by atoms with Gasteiger partial charge in [0.1, 0.15) is 11.9 Å². The Bertz CT molecular complexity index is 1770. The van der Waals surface area contributed by atoms with Crippen LogP contribution in [0.5, 0.6) is 11.9 Å². The topological polar surface area (TPSA) is 91.6 Å². The van der Waals surface area contributed by atoms with Gasteiger partial charge < -0.3 is 18.5 Å². The Kier molecular flexibility index (Phi) is 10.4. The molecular formula is C37H48ClN5O4Si. The molecule has 3 heterocycles. The Morgan fingerprint density at radius 3 is 2.12 bits per heavy atom. The predicted molar refractivity (Wildman–Crippen MR) is 194 cm³/mol. The van der Waals surface area contributed by atoms with Crippen molar-refractivity contribution in [1.29, 1.82) is 0 Å². The predicted octanol–water partition coefficient (Wildman–Crippen LogP) is 9.13. The van der Waals surface area contributed by atoms with Gasteiger partial charge in [0, 0.05) is 16.9 Å². The molecule has 0 aliphatic carbocycles. The van der Waals surface area contributed by atoms with Crippen LogP contribution in [0.4, 0.5) is 5.69 Å². The van der Waals surface area contributed by atoms with E-state index in [-0.39, 0.29) is 18.0 Å². The molecule has 0 radical (unpaired) electrons. The van der Waals surface area contributed by atoms with Crippen LogP contribution in [0.25, 0.3) is 11.4 Å². The van der Waals surface area contributed by atoms with E-state index in [2.05, 4.69) is 94.2 Å². The third-order valence-electron chi connectivity index (χ3n) is 9.78. The van der Waals surface area contributed by atoms with Gasteiger partial charge in [0.15, 0.2) is 14.0 Å². The van der Waals surface area contributed by atoms with E-state index in [9.17, 15) is 4.79 Å². The minimum absolute atomic E-state index is 0.176. The highest BCUT2D eigenvalue weighted by atomic mass is 35.5. The van der Waals surface area contributed by atoms with Crippen molar-refractivity contribution in [2.75, 3.05) is 25.7 Å². The van der Waals surface area contributed by atoms with Crippen LogP contribution in [0.2, 0.25) is 21.6 Å². The van der Waals surface area contributed by atoms with Crippen molar-refractivity contribution in [2.45, 2.75) is 91.0 Å². The van der Waals surface area contributed by atoms with Crippen LogP contribution >= 0.6 is 11.6 Å². The standard InChI is InChI=1S/C37H48ClN5O4Si/c1-21(2)48(22(3)4,23(5)6)47-20-26(9)42-33-31(40-34(42)29-19-39-37(46-11)41-35(29)45-10)36(44)43(30-18-28(38)17-14-25(30)8)32(33)27-15-12-24(7)13-16-27/h12-19,21-23,26,32H,20H2,1-11H3. The molecule has 2 aromatic heterocycles. The van der Waals surface area contributed by atoms with E-state index in [1.165, 1.54) is 7.11 Å². The maximum absolute atomic E-state index is 14.7. The van der Waals surface area contributed by atoms with Gasteiger partial charge in [0.05, 0.1) is 38.1 Å². The molecule has 2 unspecified atom stereocenters. The van der Waals surface area contributed by atoms with Gasteiger partial charge in [-0.2, -0.15) is 4.98 Å². The highest BCUT2D eigenvalue weighted by Gasteiger charge is 2.48. The molecule has 2 aromatic carbocycles. The Hall–Kier alpha value is -3.73. The SMILES string of the molecule is COc1ncc(-c2nc3c(n2C(C)CO[Si](C(C)C)(C(C)C)C(C)C)C(c2ccc(C)cc2)N(c2cc(Cl)ccc2C)C3=O)c(OC)n1. The third kappa shape index (κ3) is 6.14. The number of ether oxygens (including phenoxy) is 2. The molecule has 9 nitrogen and oxygen atoms in total. The lowest BCUT2D eigenvalue weighted by Gasteiger charge is -2.43. The van der Waals surface area contributed by atoms with Crippen LogP contribution in [0.3, 0.4) is 0 Å². The summed E-state index contributed by atoms with van der Waals surface area (Å²) in [6.07, 6.45) is 1.64. The largest absolute Gasteiger partial charge is 0.480 e. The zero-order valence-corrected chi connectivity index (χ0v) is 31.7. The molecule has 0 saturated carbocycles. The van der Waals surface area contributed by atoms with Crippen molar-refractivity contribution < 1.29 is 18.7 Å². The van der Waals surface area contributed by atoms with E-state index in [4.69, 9.17) is 30.5 Å². The number of benzene rings is 2. The highest BCUT2D eigenvalue weighted by molar-refractivity contribution is 6.77. The first-order valence-corrected chi connectivity index (χ1v) is 19.2. The number of hydrogen-bond acceptors (Lipinski definition) is 7. The van der Waals surface area contributed by atoms with Gasteiger partial charge >= 0.3 is 6.01 Å². The van der Waals surface area contributed by atoms with E-state index < -0.39 is 14.4 Å². The zero-order chi connectivity index (χ0) is 35.1. The van der Waals surface area contributed by atoms with Gasteiger partial charge in [-0.05, 0) is 60.7 Å². The Morgan fingerprint density at radius 1 is 0.896 bits per heavy atom. The smallest absolute Gasteiger partial charge is 0.319 e. The van der Waals surface area contributed by atoms with Crippen LogP contribution in [0.1, 0.15) is 93.4 Å². The average molecular weight is 690 g/mol. The lowest BCUT2D eigenvalue weighted by atomic mass is 10.0. The van der Waals surface area contributed by atoms with Crippen molar-refractivity contribution in [1.82, 2.24) is 19.5 Å². The second-order valence-corrected chi connectivity index (χ2v) is 19.6. The number of halogens is 1. The molecule has 1 amide bonds. The molecule has 0 fully saturated rings. The maximum Gasteiger partial charge on any atom is 0.319 e. The number of anilines is 1. The maximum atomic E-state index is 14.7. The molecule has 1 aliphatic rings. The molecule has 256 valence electrons. The van der Waals surface area contributed by atoms with Gasteiger partial charge in [-0.1, -0.05) is 89.0 Å². The number of carbonyl (C=O) groups is 1. The molecule has 4 aromatic rings. The summed E-state index contributed by atoms with van der Waals surface area (Å²) in [6, 6.07) is 13.4. The third-order valence-corrected chi connectivity index (χ3v) is 16.1. The van der Waals surface area contributed by atoms with Crippen LogP contribution < -0.4 is 14.4 Å². The van der Waals surface area contributed by atoms with Crippen LogP contribution in [0.15, 0.2) is 48.7 Å². The fourth-order valence-corrected chi connectivity index (χ4v) is 13.3. The number of aryl methyl sites for hydroxylation is 2. The summed E-state index contributed by atoms with van der Waals surface area (Å²) in [4.78, 5) is 30.5. The highest BCUT2D eigenvalue weighted by Crippen LogP contribution is 2.48. The van der Waals surface area contributed by atoms with Crippen molar-refractivity contribution in [2.24, 2.45) is 0 Å². The lowest BCUT2D eigenvalue weighted by Crippen LogP contribution is -2.48. The molecule has 1 aliphatic heterocycles. The Labute approximate surface area is 290 Å². The molecule has 48 heavy (non-hydrogen) atoms. The van der Waals surface area contributed by atoms with E-state index in [0.29, 0.717) is 51.2 Å². The second kappa shape index (κ2) is 14.0. The number of nitrogens with zero attached hydrogens (tertiary/aromatic N) is 5. The van der Waals surface area contributed by atoms with Gasteiger partial charge in [-0.3, -0.25) is 9.69 Å². The number of carbonyl (C=O) groups excluding carboxylic acids is 1. The normalized spacial score (nSPS) is 15.5. The second-order valence-electron chi connectivity index (χ2n) is 13.7. The Morgan fingerprint density at radius 2 is 1.54 bits per heavy atom. The summed E-state index contributed by atoms with van der Waals surface area (Å²) in [5.41, 5.74) is 6.69. The van der Waals surface area contributed by atoms with Crippen LogP contribution in [-0.2, 0) is 4.43 Å². The summed E-state index contributed by atoms with van der Waals surface area (Å²) in [7, 11) is 0.833. The monoisotopic (exact) mass is 689 g/mol. The average Bonchev–Trinajstić information content (AvgIpc) is 3.56.